The Balaban J connectivity index is 1.52. The molecule has 2 heterocycles. The summed E-state index contributed by atoms with van der Waals surface area (Å²) >= 11 is 2.75. The van der Waals surface area contributed by atoms with Crippen LogP contribution in [0.3, 0.4) is 0 Å². The van der Waals surface area contributed by atoms with E-state index in [2.05, 4.69) is 34.5 Å². The van der Waals surface area contributed by atoms with Gasteiger partial charge in [-0.05, 0) is 30.7 Å². The van der Waals surface area contributed by atoms with E-state index in [9.17, 15) is 4.79 Å². The van der Waals surface area contributed by atoms with Gasteiger partial charge in [-0.25, -0.2) is 0 Å². The summed E-state index contributed by atoms with van der Waals surface area (Å²) < 4.78 is 0.757. The van der Waals surface area contributed by atoms with Crippen LogP contribution in [0.5, 0.6) is 0 Å². The van der Waals surface area contributed by atoms with Crippen molar-refractivity contribution in [2.45, 2.75) is 29.5 Å². The third kappa shape index (κ3) is 4.45. The second-order valence-corrected chi connectivity index (χ2v) is 7.85. The van der Waals surface area contributed by atoms with Gasteiger partial charge < -0.3 is 10.6 Å². The number of thioether (sulfide) groups is 1. The second-order valence-electron chi connectivity index (χ2n) is 5.61. The summed E-state index contributed by atoms with van der Waals surface area (Å²) in [6.07, 6.45) is 3.24. The lowest BCUT2D eigenvalue weighted by Crippen LogP contribution is -2.33. The van der Waals surface area contributed by atoms with E-state index in [0.29, 0.717) is 16.8 Å². The predicted octanol–water partition coefficient (Wildman–Crippen LogP) is 3.01. The lowest BCUT2D eigenvalue weighted by Gasteiger charge is -2.20. The molecular weight excluding hydrogens is 328 g/mol. The third-order valence-corrected chi connectivity index (χ3v) is 5.96. The third-order valence-electron chi connectivity index (χ3n) is 4.09. The minimum absolute atomic E-state index is 0.178. The number of nitrogens with two attached hydrogens (primary N) is 1. The van der Waals surface area contributed by atoms with Gasteiger partial charge in [-0.2, -0.15) is 0 Å². The number of rotatable bonds is 4. The first-order chi connectivity index (χ1) is 11.2. The van der Waals surface area contributed by atoms with E-state index in [1.807, 2.05) is 11.0 Å². The van der Waals surface area contributed by atoms with Crippen molar-refractivity contribution in [1.29, 1.82) is 0 Å². The highest BCUT2D eigenvalue weighted by atomic mass is 32.2. The Morgan fingerprint density at radius 1 is 1.26 bits per heavy atom. The van der Waals surface area contributed by atoms with E-state index in [-0.39, 0.29) is 5.91 Å². The number of nitrogens with zero attached hydrogens (tertiary/aromatic N) is 3. The van der Waals surface area contributed by atoms with Crippen LogP contribution in [-0.4, -0.2) is 39.8 Å². The van der Waals surface area contributed by atoms with Crippen LogP contribution in [0.25, 0.3) is 0 Å². The van der Waals surface area contributed by atoms with Crippen molar-refractivity contribution in [3.05, 3.63) is 35.9 Å². The molecule has 1 aliphatic rings. The van der Waals surface area contributed by atoms with E-state index in [1.54, 1.807) is 0 Å². The minimum Gasteiger partial charge on any atom is -0.374 e. The van der Waals surface area contributed by atoms with Crippen LogP contribution in [0.1, 0.15) is 30.7 Å². The monoisotopic (exact) mass is 348 g/mol. The molecule has 3 rings (SSSR count). The predicted molar refractivity (Wildman–Crippen MR) is 94.7 cm³/mol. The van der Waals surface area contributed by atoms with Crippen LogP contribution in [0.4, 0.5) is 5.13 Å². The first-order valence-electron chi connectivity index (χ1n) is 7.77. The lowest BCUT2D eigenvalue weighted by atomic mass is 9.92. The SMILES string of the molecule is Nc1nnc(SCC(=O)N2CCC[C@H](c3ccccc3)CC2)s1. The average Bonchev–Trinajstić information content (AvgIpc) is 2.85. The summed E-state index contributed by atoms with van der Waals surface area (Å²) in [6, 6.07) is 10.6. The summed E-state index contributed by atoms with van der Waals surface area (Å²) in [4.78, 5) is 14.4. The molecule has 0 saturated carbocycles. The quantitative estimate of drug-likeness (QED) is 0.860. The number of hydrogen-bond donors (Lipinski definition) is 1. The van der Waals surface area contributed by atoms with Gasteiger partial charge in [0.15, 0.2) is 4.34 Å². The molecule has 1 aromatic carbocycles. The minimum atomic E-state index is 0.178. The van der Waals surface area contributed by atoms with Crippen LogP contribution >= 0.6 is 23.1 Å². The standard InChI is InChI=1S/C16H20N4OS2/c17-15-18-19-16(23-15)22-11-14(21)20-9-4-7-13(8-10-20)12-5-2-1-3-6-12/h1-3,5-6,13H,4,7-11H2,(H2,17,18)/t13-/m0/s1. The number of benzene rings is 1. The molecule has 7 heteroatoms. The van der Waals surface area contributed by atoms with E-state index < -0.39 is 0 Å². The van der Waals surface area contributed by atoms with Crippen molar-refractivity contribution in [2.75, 3.05) is 24.6 Å². The largest absolute Gasteiger partial charge is 0.374 e. The molecule has 1 fully saturated rings. The van der Waals surface area contributed by atoms with E-state index in [4.69, 9.17) is 5.73 Å². The highest BCUT2D eigenvalue weighted by molar-refractivity contribution is 8.01. The van der Waals surface area contributed by atoms with Crippen LogP contribution in [0, 0.1) is 0 Å². The van der Waals surface area contributed by atoms with Gasteiger partial charge in [0, 0.05) is 13.1 Å². The van der Waals surface area contributed by atoms with Gasteiger partial charge in [0.25, 0.3) is 0 Å². The van der Waals surface area contributed by atoms with Crippen molar-refractivity contribution in [3.8, 4) is 0 Å². The van der Waals surface area contributed by atoms with Crippen molar-refractivity contribution in [1.82, 2.24) is 15.1 Å². The molecule has 0 radical (unpaired) electrons. The van der Waals surface area contributed by atoms with Crippen molar-refractivity contribution >= 4 is 34.1 Å². The molecular formula is C16H20N4OS2. The Morgan fingerprint density at radius 3 is 2.83 bits per heavy atom. The fraction of sp³-hybridized carbons (Fsp3) is 0.438. The first kappa shape index (κ1) is 16.3. The molecule has 122 valence electrons. The number of amides is 1. The zero-order chi connectivity index (χ0) is 16.1. The Bertz CT molecular complexity index is 647. The summed E-state index contributed by atoms with van der Waals surface area (Å²) in [5.74, 6) is 1.15. The highest BCUT2D eigenvalue weighted by Crippen LogP contribution is 2.29. The molecule has 1 saturated heterocycles. The number of carbonyl (C=O) groups is 1. The normalized spacial score (nSPS) is 18.6. The zero-order valence-electron chi connectivity index (χ0n) is 12.9. The molecule has 1 aromatic heterocycles. The van der Waals surface area contributed by atoms with Gasteiger partial charge in [0.2, 0.25) is 11.0 Å². The molecule has 0 bridgehead atoms. The Morgan fingerprint density at radius 2 is 2.09 bits per heavy atom. The van der Waals surface area contributed by atoms with Crippen LogP contribution in [0.2, 0.25) is 0 Å². The van der Waals surface area contributed by atoms with Gasteiger partial charge >= 0.3 is 0 Å². The van der Waals surface area contributed by atoms with E-state index >= 15 is 0 Å². The van der Waals surface area contributed by atoms with Gasteiger partial charge in [0.1, 0.15) is 0 Å². The zero-order valence-corrected chi connectivity index (χ0v) is 14.5. The smallest absolute Gasteiger partial charge is 0.233 e. The van der Waals surface area contributed by atoms with Crippen molar-refractivity contribution < 1.29 is 4.79 Å². The van der Waals surface area contributed by atoms with Crippen molar-refractivity contribution in [3.63, 3.8) is 0 Å². The summed E-state index contributed by atoms with van der Waals surface area (Å²) in [5, 5.41) is 8.15. The van der Waals surface area contributed by atoms with Crippen LogP contribution in [-0.2, 0) is 4.79 Å². The number of anilines is 1. The van der Waals surface area contributed by atoms with Gasteiger partial charge in [-0.3, -0.25) is 4.79 Å². The topological polar surface area (TPSA) is 72.1 Å². The van der Waals surface area contributed by atoms with Gasteiger partial charge in [-0.1, -0.05) is 53.4 Å². The molecule has 2 aromatic rings. The Hall–Kier alpha value is -1.60. The Labute approximate surface area is 144 Å². The van der Waals surface area contributed by atoms with Crippen molar-refractivity contribution in [2.24, 2.45) is 0 Å². The van der Waals surface area contributed by atoms with E-state index in [0.717, 1.165) is 36.7 Å². The molecule has 2 N–H and O–H groups in total. The molecule has 1 aliphatic heterocycles. The fourth-order valence-corrected chi connectivity index (χ4v) is 4.44. The lowest BCUT2D eigenvalue weighted by molar-refractivity contribution is -0.128. The van der Waals surface area contributed by atoms with Gasteiger partial charge in [0.05, 0.1) is 5.75 Å². The van der Waals surface area contributed by atoms with Gasteiger partial charge in [-0.15, -0.1) is 10.2 Å². The van der Waals surface area contributed by atoms with Crippen LogP contribution < -0.4 is 5.73 Å². The average molecular weight is 348 g/mol. The summed E-state index contributed by atoms with van der Waals surface area (Å²) in [6.45, 7) is 1.68. The molecule has 23 heavy (non-hydrogen) atoms. The number of hydrogen-bond acceptors (Lipinski definition) is 6. The molecule has 1 amide bonds. The molecule has 0 unspecified atom stereocenters. The Kier molecular flexibility index (Phi) is 5.51. The number of nitrogen functional groups attached to an aromatic ring is 1. The number of aromatic nitrogens is 2. The van der Waals surface area contributed by atoms with Crippen LogP contribution in [0.15, 0.2) is 34.7 Å². The first-order valence-corrected chi connectivity index (χ1v) is 9.57. The van der Waals surface area contributed by atoms with E-state index in [1.165, 1.54) is 28.7 Å². The fourth-order valence-electron chi connectivity index (χ4n) is 2.90. The number of likely N-dealkylation sites (tertiary alicyclic amines) is 1. The second kappa shape index (κ2) is 7.79. The number of carbonyl (C=O) groups excluding carboxylic acids is 1. The maximum atomic E-state index is 12.4. The molecule has 0 aliphatic carbocycles. The molecule has 1 atom stereocenters. The maximum absolute atomic E-state index is 12.4. The molecule has 5 nitrogen and oxygen atoms in total. The highest BCUT2D eigenvalue weighted by Gasteiger charge is 2.21. The maximum Gasteiger partial charge on any atom is 0.233 e. The molecule has 0 spiro atoms. The summed E-state index contributed by atoms with van der Waals surface area (Å²) in [5.41, 5.74) is 6.94. The summed E-state index contributed by atoms with van der Waals surface area (Å²) in [7, 11) is 0.